The van der Waals surface area contributed by atoms with E-state index in [0.29, 0.717) is 0 Å². The van der Waals surface area contributed by atoms with Gasteiger partial charge in [0.25, 0.3) is 5.91 Å². The molecule has 0 aromatic carbocycles. The van der Waals surface area contributed by atoms with Gasteiger partial charge in [-0.1, -0.05) is 0 Å². The lowest BCUT2D eigenvalue weighted by Gasteiger charge is -2.34. The summed E-state index contributed by atoms with van der Waals surface area (Å²) in [6.07, 6.45) is 5.85. The van der Waals surface area contributed by atoms with Gasteiger partial charge in [0.1, 0.15) is 17.8 Å². The molecule has 24 heavy (non-hydrogen) atoms. The number of aryl methyl sites for hydroxylation is 2. The maximum absolute atomic E-state index is 13.0. The molecular formula is C16H23N7O. The zero-order valence-electron chi connectivity index (χ0n) is 14.0. The van der Waals surface area contributed by atoms with Gasteiger partial charge in [0.2, 0.25) is 0 Å². The lowest BCUT2D eigenvalue weighted by Crippen LogP contribution is -2.48. The van der Waals surface area contributed by atoms with Crippen LogP contribution in [-0.2, 0) is 26.4 Å². The molecule has 3 heterocycles. The van der Waals surface area contributed by atoms with Crippen LogP contribution in [0.3, 0.4) is 0 Å². The van der Waals surface area contributed by atoms with Gasteiger partial charge < -0.3 is 4.90 Å². The summed E-state index contributed by atoms with van der Waals surface area (Å²) in [7, 11) is 1.89. The number of aromatic amines is 1. The SMILES string of the molecule is Cn1nc2c(c1C(=O)N1CCN(Cc3ncn[nH]3)CC1)CCCC2. The molecule has 1 saturated heterocycles. The summed E-state index contributed by atoms with van der Waals surface area (Å²) in [6, 6.07) is 0. The number of aromatic nitrogens is 5. The van der Waals surface area contributed by atoms with E-state index in [1.165, 1.54) is 18.3 Å². The minimum absolute atomic E-state index is 0.132. The molecule has 0 unspecified atom stereocenters. The number of fused-ring (bicyclic) bond motifs is 1. The van der Waals surface area contributed by atoms with Gasteiger partial charge >= 0.3 is 0 Å². The molecule has 2 aromatic rings. The van der Waals surface area contributed by atoms with Crippen molar-refractivity contribution < 1.29 is 4.79 Å². The van der Waals surface area contributed by atoms with E-state index in [1.54, 1.807) is 4.68 Å². The molecule has 2 aromatic heterocycles. The first-order valence-corrected chi connectivity index (χ1v) is 8.63. The minimum Gasteiger partial charge on any atom is -0.335 e. The number of amides is 1. The Labute approximate surface area is 140 Å². The van der Waals surface area contributed by atoms with E-state index in [1.807, 2.05) is 11.9 Å². The van der Waals surface area contributed by atoms with Gasteiger partial charge in [0, 0.05) is 38.8 Å². The van der Waals surface area contributed by atoms with Gasteiger partial charge in [-0.15, -0.1) is 0 Å². The van der Waals surface area contributed by atoms with Crippen molar-refractivity contribution in [2.75, 3.05) is 26.2 Å². The zero-order chi connectivity index (χ0) is 16.5. The third-order valence-electron chi connectivity index (χ3n) is 5.02. The normalized spacial score (nSPS) is 18.6. The first-order valence-electron chi connectivity index (χ1n) is 8.63. The molecule has 1 amide bonds. The predicted octanol–water partition coefficient (Wildman–Crippen LogP) is 0.375. The van der Waals surface area contributed by atoms with Crippen LogP contribution in [0.15, 0.2) is 6.33 Å². The fourth-order valence-corrected chi connectivity index (χ4v) is 3.73. The second-order valence-corrected chi connectivity index (χ2v) is 6.61. The molecule has 1 aliphatic heterocycles. The minimum atomic E-state index is 0.132. The number of rotatable bonds is 3. The number of piperazine rings is 1. The highest BCUT2D eigenvalue weighted by Crippen LogP contribution is 2.25. The summed E-state index contributed by atoms with van der Waals surface area (Å²) in [5.41, 5.74) is 3.10. The highest BCUT2D eigenvalue weighted by molar-refractivity contribution is 5.94. The van der Waals surface area contributed by atoms with Crippen molar-refractivity contribution in [3.8, 4) is 0 Å². The number of H-pyrrole nitrogens is 1. The summed E-state index contributed by atoms with van der Waals surface area (Å²) >= 11 is 0. The fourth-order valence-electron chi connectivity index (χ4n) is 3.73. The Kier molecular flexibility index (Phi) is 4.05. The molecule has 1 fully saturated rings. The van der Waals surface area contributed by atoms with E-state index in [2.05, 4.69) is 25.2 Å². The van der Waals surface area contributed by atoms with Crippen LogP contribution in [0, 0.1) is 0 Å². The van der Waals surface area contributed by atoms with E-state index in [0.717, 1.165) is 69.2 Å². The van der Waals surface area contributed by atoms with Crippen LogP contribution in [0.2, 0.25) is 0 Å². The first kappa shape index (κ1) is 15.3. The lowest BCUT2D eigenvalue weighted by atomic mass is 9.95. The third kappa shape index (κ3) is 2.82. The van der Waals surface area contributed by atoms with Gasteiger partial charge in [0.15, 0.2) is 0 Å². The largest absolute Gasteiger partial charge is 0.335 e. The Morgan fingerprint density at radius 1 is 1.21 bits per heavy atom. The Balaban J connectivity index is 1.42. The van der Waals surface area contributed by atoms with Crippen molar-refractivity contribution >= 4 is 5.91 Å². The molecule has 0 saturated carbocycles. The maximum atomic E-state index is 13.0. The molecule has 1 N–H and O–H groups in total. The molecule has 0 atom stereocenters. The van der Waals surface area contributed by atoms with Gasteiger partial charge in [-0.25, -0.2) is 4.98 Å². The predicted molar refractivity (Wildman–Crippen MR) is 87.4 cm³/mol. The van der Waals surface area contributed by atoms with Crippen LogP contribution in [-0.4, -0.2) is 66.8 Å². The number of nitrogens with zero attached hydrogens (tertiary/aromatic N) is 6. The summed E-state index contributed by atoms with van der Waals surface area (Å²) in [6.45, 7) is 3.95. The standard InChI is InChI=1S/C16H23N7O/c1-21-15(12-4-2-3-5-13(12)20-21)16(24)23-8-6-22(7-9-23)10-14-17-11-18-19-14/h11H,2-10H2,1H3,(H,17,18,19). The number of carbonyl (C=O) groups is 1. The van der Waals surface area contributed by atoms with Gasteiger partial charge in [0.05, 0.1) is 12.2 Å². The van der Waals surface area contributed by atoms with Crippen LogP contribution in [0.4, 0.5) is 0 Å². The molecule has 4 rings (SSSR count). The number of hydrogen-bond donors (Lipinski definition) is 1. The van der Waals surface area contributed by atoms with Crippen molar-refractivity contribution in [3.05, 3.63) is 29.1 Å². The maximum Gasteiger partial charge on any atom is 0.272 e. The topological polar surface area (TPSA) is 82.9 Å². The molecule has 8 heteroatoms. The second kappa shape index (κ2) is 6.35. The van der Waals surface area contributed by atoms with Crippen molar-refractivity contribution in [3.63, 3.8) is 0 Å². The van der Waals surface area contributed by atoms with E-state index in [9.17, 15) is 4.79 Å². The molecule has 8 nitrogen and oxygen atoms in total. The van der Waals surface area contributed by atoms with Crippen molar-refractivity contribution in [2.45, 2.75) is 32.2 Å². The highest BCUT2D eigenvalue weighted by atomic mass is 16.2. The summed E-state index contributed by atoms with van der Waals surface area (Å²) in [5.74, 6) is 1.00. The Morgan fingerprint density at radius 3 is 2.75 bits per heavy atom. The second-order valence-electron chi connectivity index (χ2n) is 6.61. The van der Waals surface area contributed by atoms with Crippen LogP contribution >= 0.6 is 0 Å². The lowest BCUT2D eigenvalue weighted by molar-refractivity contribution is 0.0613. The average molecular weight is 329 g/mol. The van der Waals surface area contributed by atoms with Gasteiger partial charge in [-0.2, -0.15) is 10.2 Å². The first-order chi connectivity index (χ1) is 11.7. The van der Waals surface area contributed by atoms with E-state index >= 15 is 0 Å². The quantitative estimate of drug-likeness (QED) is 0.880. The summed E-state index contributed by atoms with van der Waals surface area (Å²) in [4.78, 5) is 21.4. The fraction of sp³-hybridized carbons (Fsp3) is 0.625. The van der Waals surface area contributed by atoms with Crippen LogP contribution in [0.25, 0.3) is 0 Å². The van der Waals surface area contributed by atoms with E-state index in [-0.39, 0.29) is 5.91 Å². The molecule has 128 valence electrons. The smallest absolute Gasteiger partial charge is 0.272 e. The Morgan fingerprint density at radius 2 is 2.00 bits per heavy atom. The molecule has 1 aliphatic carbocycles. The molecule has 0 bridgehead atoms. The molecule has 0 spiro atoms. The van der Waals surface area contributed by atoms with Crippen LogP contribution in [0.5, 0.6) is 0 Å². The average Bonchev–Trinajstić information content (AvgIpc) is 3.21. The summed E-state index contributed by atoms with van der Waals surface area (Å²) in [5, 5.41) is 11.3. The van der Waals surface area contributed by atoms with Crippen molar-refractivity contribution in [2.24, 2.45) is 7.05 Å². The Bertz CT molecular complexity index is 713. The van der Waals surface area contributed by atoms with E-state index in [4.69, 9.17) is 0 Å². The summed E-state index contributed by atoms with van der Waals surface area (Å²) < 4.78 is 1.79. The van der Waals surface area contributed by atoms with Gasteiger partial charge in [-0.3, -0.25) is 19.5 Å². The number of hydrogen-bond acceptors (Lipinski definition) is 5. The van der Waals surface area contributed by atoms with Crippen LogP contribution in [0.1, 0.15) is 40.4 Å². The molecule has 0 radical (unpaired) electrons. The number of carbonyl (C=O) groups excluding carboxylic acids is 1. The Hall–Kier alpha value is -2.22. The third-order valence-corrected chi connectivity index (χ3v) is 5.02. The van der Waals surface area contributed by atoms with Crippen LogP contribution < -0.4 is 0 Å². The highest BCUT2D eigenvalue weighted by Gasteiger charge is 2.29. The number of nitrogens with one attached hydrogen (secondary N) is 1. The van der Waals surface area contributed by atoms with E-state index < -0.39 is 0 Å². The molecule has 2 aliphatic rings. The van der Waals surface area contributed by atoms with Gasteiger partial charge in [-0.05, 0) is 25.7 Å². The molecular weight excluding hydrogens is 306 g/mol. The monoisotopic (exact) mass is 329 g/mol. The van der Waals surface area contributed by atoms with Crippen molar-refractivity contribution in [1.82, 2.24) is 34.8 Å². The van der Waals surface area contributed by atoms with Crippen molar-refractivity contribution in [1.29, 1.82) is 0 Å². The zero-order valence-corrected chi connectivity index (χ0v) is 14.0.